The van der Waals surface area contributed by atoms with Crippen LogP contribution in [0.1, 0.15) is 22.8 Å². The van der Waals surface area contributed by atoms with Crippen LogP contribution in [0.25, 0.3) is 0 Å². The average molecular weight is 362 g/mol. The summed E-state index contributed by atoms with van der Waals surface area (Å²) in [4.78, 5) is 12.1. The lowest BCUT2D eigenvalue weighted by Gasteiger charge is -2.09. The van der Waals surface area contributed by atoms with Gasteiger partial charge >= 0.3 is 0 Å². The lowest BCUT2D eigenvalue weighted by molar-refractivity contribution is 0.0947. The molecule has 0 aliphatic heterocycles. The summed E-state index contributed by atoms with van der Waals surface area (Å²) in [5, 5.41) is 2.76. The molecule has 1 amide bonds. The quantitative estimate of drug-likeness (QED) is 0.707. The Balaban J connectivity index is 1.80. The van der Waals surface area contributed by atoms with Crippen LogP contribution >= 0.6 is 0 Å². The molecule has 2 N–H and O–H groups in total. The summed E-state index contributed by atoms with van der Waals surface area (Å²) < 4.78 is 31.0. The minimum absolute atomic E-state index is 0.00379. The van der Waals surface area contributed by atoms with Gasteiger partial charge in [-0.3, -0.25) is 9.52 Å². The fraction of sp³-hybridized carbons (Fsp3) is 0.278. The summed E-state index contributed by atoms with van der Waals surface area (Å²) in [5.74, 6) is 0.524. The molecule has 0 radical (unpaired) electrons. The van der Waals surface area contributed by atoms with Crippen molar-refractivity contribution in [3.63, 3.8) is 0 Å². The molecular formula is C18H22N2O4S. The molecule has 25 heavy (non-hydrogen) atoms. The van der Waals surface area contributed by atoms with E-state index >= 15 is 0 Å². The van der Waals surface area contributed by atoms with Crippen molar-refractivity contribution in [2.24, 2.45) is 0 Å². The molecule has 0 unspecified atom stereocenters. The van der Waals surface area contributed by atoms with Crippen molar-refractivity contribution in [1.29, 1.82) is 0 Å². The third-order valence-corrected chi connectivity index (χ3v) is 4.75. The first kappa shape index (κ1) is 18.8. The Labute approximate surface area is 148 Å². The highest BCUT2D eigenvalue weighted by molar-refractivity contribution is 7.92. The van der Waals surface area contributed by atoms with E-state index in [1.165, 1.54) is 0 Å². The van der Waals surface area contributed by atoms with E-state index < -0.39 is 10.0 Å². The predicted octanol–water partition coefficient (Wildman–Crippen LogP) is 2.57. The minimum Gasteiger partial charge on any atom is -0.492 e. The molecule has 2 aromatic rings. The standard InChI is InChI=1S/C18H22N2O4S/c1-3-25(22,23)20-16-9-7-15(8-10-16)18(21)19-11-12-24-17-6-4-5-14(2)13-17/h4-10,13,20H,3,11-12H2,1-2H3,(H,19,21). The Kier molecular flexibility index (Phi) is 6.41. The molecule has 0 saturated carbocycles. The predicted molar refractivity (Wildman–Crippen MR) is 98.5 cm³/mol. The van der Waals surface area contributed by atoms with Gasteiger partial charge in [0.2, 0.25) is 10.0 Å². The molecule has 0 saturated heterocycles. The second-order valence-electron chi connectivity index (χ2n) is 5.50. The summed E-state index contributed by atoms with van der Waals surface area (Å²) in [6.07, 6.45) is 0. The molecule has 0 aromatic heterocycles. The molecule has 0 aliphatic rings. The van der Waals surface area contributed by atoms with E-state index in [9.17, 15) is 13.2 Å². The van der Waals surface area contributed by atoms with Gasteiger partial charge in [0.1, 0.15) is 12.4 Å². The first-order chi connectivity index (χ1) is 11.9. The molecular weight excluding hydrogens is 340 g/mol. The number of nitrogens with one attached hydrogen (secondary N) is 2. The van der Waals surface area contributed by atoms with Crippen molar-refractivity contribution in [2.45, 2.75) is 13.8 Å². The molecule has 0 spiro atoms. The number of ether oxygens (including phenoxy) is 1. The van der Waals surface area contributed by atoms with Crippen LogP contribution in [0.4, 0.5) is 5.69 Å². The van der Waals surface area contributed by atoms with E-state index in [2.05, 4.69) is 10.0 Å². The van der Waals surface area contributed by atoms with Crippen LogP contribution < -0.4 is 14.8 Å². The van der Waals surface area contributed by atoms with Gasteiger partial charge in [-0.1, -0.05) is 12.1 Å². The summed E-state index contributed by atoms with van der Waals surface area (Å²) in [6.45, 7) is 4.28. The van der Waals surface area contributed by atoms with Crippen LogP contribution in [0.3, 0.4) is 0 Å². The molecule has 0 atom stereocenters. The third-order valence-electron chi connectivity index (χ3n) is 3.45. The van der Waals surface area contributed by atoms with E-state index in [1.807, 2.05) is 31.2 Å². The van der Waals surface area contributed by atoms with Crippen LogP contribution in [-0.2, 0) is 10.0 Å². The van der Waals surface area contributed by atoms with E-state index in [1.54, 1.807) is 31.2 Å². The summed E-state index contributed by atoms with van der Waals surface area (Å²) in [6, 6.07) is 14.0. The highest BCUT2D eigenvalue weighted by Crippen LogP contribution is 2.13. The topological polar surface area (TPSA) is 84.5 Å². The van der Waals surface area contributed by atoms with Crippen LogP contribution in [-0.4, -0.2) is 33.2 Å². The lowest BCUT2D eigenvalue weighted by Crippen LogP contribution is -2.28. The van der Waals surface area contributed by atoms with Gasteiger partial charge < -0.3 is 10.1 Å². The number of aryl methyl sites for hydroxylation is 1. The monoisotopic (exact) mass is 362 g/mol. The maximum atomic E-state index is 12.1. The first-order valence-electron chi connectivity index (χ1n) is 7.98. The number of hydrogen-bond donors (Lipinski definition) is 2. The zero-order valence-electron chi connectivity index (χ0n) is 14.3. The number of sulfonamides is 1. The van der Waals surface area contributed by atoms with Gasteiger partial charge in [-0.25, -0.2) is 8.42 Å². The number of amides is 1. The largest absolute Gasteiger partial charge is 0.492 e. The van der Waals surface area contributed by atoms with Gasteiger partial charge in [0.25, 0.3) is 5.91 Å². The summed E-state index contributed by atoms with van der Waals surface area (Å²) in [5.41, 5.74) is 2.00. The van der Waals surface area contributed by atoms with Crippen LogP contribution in [0, 0.1) is 6.92 Å². The molecule has 134 valence electrons. The molecule has 0 heterocycles. The van der Waals surface area contributed by atoms with Gasteiger partial charge in [-0.2, -0.15) is 0 Å². The number of carbonyl (C=O) groups excluding carboxylic acids is 1. The second kappa shape index (κ2) is 8.53. The van der Waals surface area contributed by atoms with Gasteiger partial charge in [0, 0.05) is 11.3 Å². The Morgan fingerprint density at radius 3 is 2.48 bits per heavy atom. The zero-order chi connectivity index (χ0) is 18.3. The number of benzene rings is 2. The van der Waals surface area contributed by atoms with Gasteiger partial charge in [-0.05, 0) is 55.8 Å². The van der Waals surface area contributed by atoms with Crippen molar-refractivity contribution in [1.82, 2.24) is 5.32 Å². The summed E-state index contributed by atoms with van der Waals surface area (Å²) in [7, 11) is -3.32. The summed E-state index contributed by atoms with van der Waals surface area (Å²) >= 11 is 0. The normalized spacial score (nSPS) is 11.0. The number of carbonyl (C=O) groups is 1. The van der Waals surface area contributed by atoms with E-state index in [4.69, 9.17) is 4.74 Å². The third kappa shape index (κ3) is 6.11. The van der Waals surface area contributed by atoms with E-state index in [0.717, 1.165) is 11.3 Å². The van der Waals surface area contributed by atoms with Crippen molar-refractivity contribution in [2.75, 3.05) is 23.6 Å². The van der Waals surface area contributed by atoms with Crippen LogP contribution in [0.15, 0.2) is 48.5 Å². The molecule has 2 aromatic carbocycles. The SMILES string of the molecule is CCS(=O)(=O)Nc1ccc(C(=O)NCCOc2cccc(C)c2)cc1. The van der Waals surface area contributed by atoms with Crippen LogP contribution in [0.5, 0.6) is 5.75 Å². The molecule has 0 aliphatic carbocycles. The van der Waals surface area contributed by atoms with Crippen molar-refractivity contribution in [3.8, 4) is 5.75 Å². The average Bonchev–Trinajstić information content (AvgIpc) is 2.59. The highest BCUT2D eigenvalue weighted by Gasteiger charge is 2.08. The maximum Gasteiger partial charge on any atom is 0.251 e. The van der Waals surface area contributed by atoms with Crippen LogP contribution in [0.2, 0.25) is 0 Å². The molecule has 6 nitrogen and oxygen atoms in total. The van der Waals surface area contributed by atoms with Crippen molar-refractivity contribution in [3.05, 3.63) is 59.7 Å². The maximum absolute atomic E-state index is 12.1. The number of rotatable bonds is 8. The number of hydrogen-bond acceptors (Lipinski definition) is 4. The van der Waals surface area contributed by atoms with Gasteiger partial charge in [0.15, 0.2) is 0 Å². The fourth-order valence-corrected chi connectivity index (χ4v) is 2.72. The van der Waals surface area contributed by atoms with Gasteiger partial charge in [-0.15, -0.1) is 0 Å². The number of anilines is 1. The first-order valence-corrected chi connectivity index (χ1v) is 9.63. The Morgan fingerprint density at radius 2 is 1.84 bits per heavy atom. The lowest BCUT2D eigenvalue weighted by atomic mass is 10.2. The molecule has 2 rings (SSSR count). The Morgan fingerprint density at radius 1 is 1.12 bits per heavy atom. The fourth-order valence-electron chi connectivity index (χ4n) is 2.08. The van der Waals surface area contributed by atoms with Crippen molar-refractivity contribution >= 4 is 21.6 Å². The minimum atomic E-state index is -3.32. The van der Waals surface area contributed by atoms with Gasteiger partial charge in [0.05, 0.1) is 12.3 Å². The Bertz CT molecular complexity index is 817. The molecule has 7 heteroatoms. The second-order valence-corrected chi connectivity index (χ2v) is 7.51. The van der Waals surface area contributed by atoms with E-state index in [0.29, 0.717) is 24.4 Å². The Hall–Kier alpha value is -2.54. The van der Waals surface area contributed by atoms with Crippen molar-refractivity contribution < 1.29 is 17.9 Å². The smallest absolute Gasteiger partial charge is 0.251 e. The zero-order valence-corrected chi connectivity index (χ0v) is 15.1. The molecule has 0 fully saturated rings. The molecule has 0 bridgehead atoms. The highest BCUT2D eigenvalue weighted by atomic mass is 32.2. The van der Waals surface area contributed by atoms with E-state index in [-0.39, 0.29) is 11.7 Å².